The smallest absolute Gasteiger partial charge is 0.217 e. The Balaban J connectivity index is -0.0000000870. The average molecular weight is 376 g/mol. The van der Waals surface area contributed by atoms with E-state index in [1.807, 2.05) is 6.92 Å². The standard InChI is InChI=1S/C8H17N3.C5H9NO.C3H8N.C2H4O2.H2/c1-4-9-8-10-6-5-7-11(2)3;1-3-4-6-5(2)7;1-2-3-4;1-2(3)4;/h4-7H2,1-3H3;1,3-4H2,2H3;1-4H2;1H3,(H,3,4);1H/q;;+1;;/p+1. The molecule has 8 heteroatoms. The Morgan fingerprint density at radius 3 is 2.00 bits per heavy atom. The molecule has 0 fully saturated rings. The van der Waals surface area contributed by atoms with Gasteiger partial charge in [0.05, 0.1) is 60.0 Å². The van der Waals surface area contributed by atoms with Crippen LogP contribution in [0.5, 0.6) is 0 Å². The largest absolute Gasteiger partial charge is 0.550 e. The Morgan fingerprint density at radius 1 is 1.23 bits per heavy atom. The molecule has 0 atom stereocenters. The van der Waals surface area contributed by atoms with Crippen molar-refractivity contribution in [2.45, 2.75) is 40.0 Å². The highest BCUT2D eigenvalue weighted by atomic mass is 16.4. The van der Waals surface area contributed by atoms with E-state index in [1.54, 1.807) is 0 Å². The van der Waals surface area contributed by atoms with Crippen molar-refractivity contribution in [2.75, 3.05) is 46.8 Å². The number of carboxylic acid groups (broad SMARTS) is 1. The first-order chi connectivity index (χ1) is 12.2. The van der Waals surface area contributed by atoms with Gasteiger partial charge in [-0.3, -0.25) is 4.79 Å². The number of hydrogen-bond acceptors (Lipinski definition) is 6. The third-order valence-corrected chi connectivity index (χ3v) is 2.00. The predicted molar refractivity (Wildman–Crippen MR) is 108 cm³/mol. The van der Waals surface area contributed by atoms with Crippen LogP contribution in [0.2, 0.25) is 0 Å². The zero-order chi connectivity index (χ0) is 21.2. The van der Waals surface area contributed by atoms with Crippen LogP contribution in [0.4, 0.5) is 0 Å². The predicted octanol–water partition coefficient (Wildman–Crippen LogP) is -0.767. The van der Waals surface area contributed by atoms with E-state index in [4.69, 9.17) is 15.6 Å². The average Bonchev–Trinajstić information content (AvgIpc) is 2.56. The number of quaternary nitrogens is 1. The Hall–Kier alpha value is -2.02. The summed E-state index contributed by atoms with van der Waals surface area (Å²) in [5.41, 5.74) is 4.97. The highest BCUT2D eigenvalue weighted by Crippen LogP contribution is 1.73. The maximum Gasteiger partial charge on any atom is 0.217 e. The number of rotatable bonds is 8. The zero-order valence-corrected chi connectivity index (χ0v) is 17.3. The van der Waals surface area contributed by atoms with Crippen molar-refractivity contribution in [3.63, 3.8) is 0 Å². The fraction of sp³-hybridized carbons (Fsp3) is 0.722. The second kappa shape index (κ2) is 30.8. The molecule has 0 radical (unpaired) electrons. The molecule has 0 aliphatic rings. The molecular formula is C18H41N5O3+2. The number of carbonyl (C=O) groups excluding carboxylic acids is 2. The van der Waals surface area contributed by atoms with Crippen LogP contribution in [-0.2, 0) is 9.59 Å². The molecule has 0 aromatic heterocycles. The van der Waals surface area contributed by atoms with E-state index in [1.165, 1.54) is 11.8 Å². The van der Waals surface area contributed by atoms with Crippen LogP contribution < -0.4 is 21.1 Å². The van der Waals surface area contributed by atoms with Crippen LogP contribution in [0, 0.1) is 13.8 Å². The molecule has 0 aromatic rings. The van der Waals surface area contributed by atoms with Gasteiger partial charge in [0.2, 0.25) is 5.91 Å². The van der Waals surface area contributed by atoms with Crippen LogP contribution in [-0.4, -0.2) is 64.7 Å². The van der Waals surface area contributed by atoms with Crippen molar-refractivity contribution in [3.8, 4) is 0 Å². The lowest BCUT2D eigenvalue weighted by atomic mass is 10.4. The Morgan fingerprint density at radius 2 is 1.73 bits per heavy atom. The van der Waals surface area contributed by atoms with E-state index in [2.05, 4.69) is 49.3 Å². The molecule has 1 amide bonds. The lowest BCUT2D eigenvalue weighted by molar-refractivity contribution is -0.858. The minimum Gasteiger partial charge on any atom is -0.550 e. The summed E-state index contributed by atoms with van der Waals surface area (Å²) in [4.78, 5) is 28.3. The van der Waals surface area contributed by atoms with Gasteiger partial charge in [-0.25, -0.2) is 9.98 Å². The second-order valence-corrected chi connectivity index (χ2v) is 5.24. The van der Waals surface area contributed by atoms with Crippen molar-refractivity contribution in [2.24, 2.45) is 15.7 Å². The number of amides is 1. The van der Waals surface area contributed by atoms with Gasteiger partial charge in [0.15, 0.2) is 0 Å². The summed E-state index contributed by atoms with van der Waals surface area (Å²) in [7, 11) is 4.29. The van der Waals surface area contributed by atoms with Gasteiger partial charge < -0.3 is 25.9 Å². The fourth-order valence-electron chi connectivity index (χ4n) is 0.947. The molecule has 0 rings (SSSR count). The van der Waals surface area contributed by atoms with Crippen LogP contribution >= 0.6 is 0 Å². The Kier molecular flexibility index (Phi) is 37.6. The lowest BCUT2D eigenvalue weighted by Gasteiger charge is -2.03. The molecular weight excluding hydrogens is 334 g/mol. The van der Waals surface area contributed by atoms with Gasteiger partial charge in [-0.15, -0.1) is 0 Å². The first kappa shape index (κ1) is 31.7. The maximum atomic E-state index is 10.1. The number of nitrogens with one attached hydrogen (secondary N) is 2. The lowest BCUT2D eigenvalue weighted by Crippen LogP contribution is -3.05. The summed E-state index contributed by atoms with van der Waals surface area (Å²) in [6.45, 7) is 15.7. The maximum absolute atomic E-state index is 10.1. The van der Waals surface area contributed by atoms with E-state index < -0.39 is 5.97 Å². The molecule has 0 unspecified atom stereocenters. The van der Waals surface area contributed by atoms with E-state index in [9.17, 15) is 4.79 Å². The molecule has 4 N–H and O–H groups in total. The molecule has 0 bridgehead atoms. The van der Waals surface area contributed by atoms with Crippen molar-refractivity contribution in [1.82, 2.24) is 5.32 Å². The number of aliphatic imine (C=N–C) groups is 2. The molecule has 0 aliphatic heterocycles. The van der Waals surface area contributed by atoms with Gasteiger partial charge in [0.1, 0.15) is 6.42 Å². The SMILES string of the molecule is CC(=O)[O-].CCN=C=NCCC[NH+](C)C.[CH2+]CCN.[CH2+]CCNC(C)=O.[HH]. The second-order valence-electron chi connectivity index (χ2n) is 5.24. The molecule has 0 spiro atoms. The molecule has 8 nitrogen and oxygen atoms in total. The third-order valence-electron chi connectivity index (χ3n) is 2.00. The van der Waals surface area contributed by atoms with Crippen molar-refractivity contribution in [1.29, 1.82) is 0 Å². The number of aliphatic carboxylic acids is 1. The van der Waals surface area contributed by atoms with Crippen LogP contribution in [0.1, 0.15) is 41.5 Å². The number of nitrogens with zero attached hydrogens (tertiary/aromatic N) is 2. The van der Waals surface area contributed by atoms with Gasteiger partial charge in [-0.05, 0) is 13.8 Å². The van der Waals surface area contributed by atoms with Gasteiger partial charge in [0.25, 0.3) is 0 Å². The quantitative estimate of drug-likeness (QED) is 0.293. The van der Waals surface area contributed by atoms with E-state index in [-0.39, 0.29) is 7.33 Å². The summed E-state index contributed by atoms with van der Waals surface area (Å²) in [6.07, 6.45) is 2.73. The highest BCUT2D eigenvalue weighted by Gasteiger charge is 1.89. The summed E-state index contributed by atoms with van der Waals surface area (Å²) >= 11 is 0. The molecule has 0 saturated carbocycles. The van der Waals surface area contributed by atoms with E-state index in [0.29, 0.717) is 13.1 Å². The Labute approximate surface area is 161 Å². The third kappa shape index (κ3) is 80.2. The summed E-state index contributed by atoms with van der Waals surface area (Å²) in [5.74, 6) is -1.07. The first-order valence-electron chi connectivity index (χ1n) is 8.76. The number of carboxylic acids is 1. The summed E-state index contributed by atoms with van der Waals surface area (Å²) in [6, 6.07) is 2.65. The van der Waals surface area contributed by atoms with E-state index in [0.717, 1.165) is 45.8 Å². The minimum absolute atomic E-state index is 0. The highest BCUT2D eigenvalue weighted by molar-refractivity contribution is 5.72. The van der Waals surface area contributed by atoms with Crippen molar-refractivity contribution >= 4 is 17.9 Å². The van der Waals surface area contributed by atoms with E-state index >= 15 is 0 Å². The normalized spacial score (nSPS) is 8.27. The molecule has 0 saturated heterocycles. The zero-order valence-electron chi connectivity index (χ0n) is 17.3. The topological polar surface area (TPSA) is 124 Å². The number of nitrogens with two attached hydrogens (primary N) is 1. The van der Waals surface area contributed by atoms with Crippen LogP contribution in [0.15, 0.2) is 9.98 Å². The Bertz CT molecular complexity index is 355. The summed E-state index contributed by atoms with van der Waals surface area (Å²) < 4.78 is 0. The van der Waals surface area contributed by atoms with Gasteiger partial charge in [-0.2, -0.15) is 0 Å². The number of hydrogen-bond donors (Lipinski definition) is 3. The first-order valence-corrected chi connectivity index (χ1v) is 8.76. The van der Waals surface area contributed by atoms with Crippen LogP contribution in [0.25, 0.3) is 0 Å². The van der Waals surface area contributed by atoms with Gasteiger partial charge in [-0.1, -0.05) is 0 Å². The van der Waals surface area contributed by atoms with Crippen molar-refractivity contribution < 1.29 is 21.0 Å². The molecule has 0 aromatic carbocycles. The van der Waals surface area contributed by atoms with Gasteiger partial charge >= 0.3 is 0 Å². The molecule has 0 aliphatic carbocycles. The molecule has 0 heterocycles. The monoisotopic (exact) mass is 375 g/mol. The fourth-order valence-corrected chi connectivity index (χ4v) is 0.947. The molecule has 154 valence electrons. The van der Waals surface area contributed by atoms with Gasteiger partial charge in [0, 0.05) is 33.8 Å². The summed E-state index contributed by atoms with van der Waals surface area (Å²) in [5, 5.41) is 11.5. The van der Waals surface area contributed by atoms with Crippen molar-refractivity contribution in [3.05, 3.63) is 13.8 Å². The number of carbonyl (C=O) groups is 2. The molecule has 26 heavy (non-hydrogen) atoms. The minimum atomic E-state index is -1.08. The van der Waals surface area contributed by atoms with Crippen LogP contribution in [0.3, 0.4) is 0 Å².